The van der Waals surface area contributed by atoms with Crippen molar-refractivity contribution in [3.63, 3.8) is 0 Å². The van der Waals surface area contributed by atoms with Gasteiger partial charge < -0.3 is 14.5 Å². The van der Waals surface area contributed by atoms with Crippen LogP contribution in [0.3, 0.4) is 0 Å². The fourth-order valence-corrected chi connectivity index (χ4v) is 3.34. The molecule has 25 heavy (non-hydrogen) atoms. The van der Waals surface area contributed by atoms with Crippen molar-refractivity contribution in [2.75, 3.05) is 13.1 Å². The molecule has 1 fully saturated rings. The Morgan fingerprint density at radius 2 is 2.32 bits per heavy atom. The molecule has 1 aliphatic heterocycles. The topological polar surface area (TPSA) is 108 Å². The molecule has 130 valence electrons. The van der Waals surface area contributed by atoms with Crippen molar-refractivity contribution in [3.8, 4) is 11.4 Å². The quantitative estimate of drug-likeness (QED) is 0.739. The number of aromatic amines is 1. The number of likely N-dealkylation sites (tertiary alicyclic amines) is 1. The van der Waals surface area contributed by atoms with Crippen LogP contribution >= 0.6 is 0 Å². The Morgan fingerprint density at radius 1 is 1.48 bits per heavy atom. The van der Waals surface area contributed by atoms with E-state index in [1.54, 1.807) is 6.07 Å². The fraction of sp³-hybridized carbons (Fsp3) is 0.375. The fourth-order valence-electron chi connectivity index (χ4n) is 3.34. The summed E-state index contributed by atoms with van der Waals surface area (Å²) in [5, 5.41) is 20.2. The number of nitrogens with zero attached hydrogens (tertiary/aromatic N) is 4. The van der Waals surface area contributed by atoms with Gasteiger partial charge in [-0.1, -0.05) is 5.16 Å². The van der Waals surface area contributed by atoms with Gasteiger partial charge in [0.1, 0.15) is 5.82 Å². The second-order valence-electron chi connectivity index (χ2n) is 6.55. The summed E-state index contributed by atoms with van der Waals surface area (Å²) < 4.78 is 19.2. The average molecular weight is 345 g/mol. The molecule has 0 radical (unpaired) electrons. The number of hydrogen-bond donors (Lipinski definition) is 2. The van der Waals surface area contributed by atoms with E-state index in [1.165, 1.54) is 17.2 Å². The van der Waals surface area contributed by atoms with E-state index < -0.39 is 11.5 Å². The minimum absolute atomic E-state index is 0.298. The van der Waals surface area contributed by atoms with Gasteiger partial charge in [0.05, 0.1) is 22.5 Å². The molecule has 0 spiro atoms. The Balaban J connectivity index is 1.71. The average Bonchev–Trinajstić information content (AvgIpc) is 3.25. The smallest absolute Gasteiger partial charge is 0.407 e. The van der Waals surface area contributed by atoms with Crippen LogP contribution in [0.5, 0.6) is 0 Å². The molecule has 1 aromatic carbocycles. The highest BCUT2D eigenvalue weighted by Gasteiger charge is 2.39. The van der Waals surface area contributed by atoms with Crippen LogP contribution in [0.25, 0.3) is 22.3 Å². The molecule has 1 saturated heterocycles. The monoisotopic (exact) mass is 345 g/mol. The van der Waals surface area contributed by atoms with Gasteiger partial charge in [0.25, 0.3) is 0 Å². The predicted octanol–water partition coefficient (Wildman–Crippen LogP) is 2.78. The Morgan fingerprint density at radius 3 is 3.12 bits per heavy atom. The van der Waals surface area contributed by atoms with Crippen LogP contribution in [0.4, 0.5) is 9.18 Å². The van der Waals surface area contributed by atoms with Crippen LogP contribution in [0.15, 0.2) is 22.9 Å². The number of carboxylic acid groups (broad SMARTS) is 1. The van der Waals surface area contributed by atoms with E-state index in [9.17, 15) is 14.3 Å². The molecular formula is C16H16FN5O3. The minimum Gasteiger partial charge on any atom is -0.465 e. The highest BCUT2D eigenvalue weighted by molar-refractivity contribution is 5.91. The first-order valence-corrected chi connectivity index (χ1v) is 7.92. The first-order chi connectivity index (χ1) is 12.0. The van der Waals surface area contributed by atoms with Gasteiger partial charge in [-0.05, 0) is 31.9 Å². The van der Waals surface area contributed by atoms with Gasteiger partial charge in [-0.15, -0.1) is 0 Å². The van der Waals surface area contributed by atoms with Gasteiger partial charge in [0.2, 0.25) is 11.7 Å². The normalized spacial score (nSPS) is 21.0. The van der Waals surface area contributed by atoms with Crippen LogP contribution < -0.4 is 0 Å². The van der Waals surface area contributed by atoms with E-state index in [-0.39, 0.29) is 5.82 Å². The van der Waals surface area contributed by atoms with Gasteiger partial charge in [-0.3, -0.25) is 5.10 Å². The summed E-state index contributed by atoms with van der Waals surface area (Å²) in [6.45, 7) is 2.71. The summed E-state index contributed by atoms with van der Waals surface area (Å²) >= 11 is 0. The molecule has 1 atom stereocenters. The lowest BCUT2D eigenvalue weighted by atomic mass is 9.82. The SMILES string of the molecule is CC1(c2nc(-c3ccc(F)c4cn[nH]c34)no2)CCCN(C(=O)O)C1. The maximum absolute atomic E-state index is 13.8. The molecule has 8 nitrogen and oxygen atoms in total. The molecular weight excluding hydrogens is 329 g/mol. The molecule has 0 aliphatic carbocycles. The lowest BCUT2D eigenvalue weighted by Crippen LogP contribution is -2.46. The highest BCUT2D eigenvalue weighted by Crippen LogP contribution is 2.34. The first-order valence-electron chi connectivity index (χ1n) is 7.92. The number of carbonyl (C=O) groups is 1. The summed E-state index contributed by atoms with van der Waals surface area (Å²) in [7, 11) is 0. The van der Waals surface area contributed by atoms with Crippen molar-refractivity contribution in [3.05, 3.63) is 30.0 Å². The molecule has 1 amide bonds. The Bertz CT molecular complexity index is 952. The predicted molar refractivity (Wildman–Crippen MR) is 85.5 cm³/mol. The Labute approximate surface area is 141 Å². The summed E-state index contributed by atoms with van der Waals surface area (Å²) in [6, 6.07) is 2.90. The lowest BCUT2D eigenvalue weighted by Gasteiger charge is -2.36. The van der Waals surface area contributed by atoms with Crippen molar-refractivity contribution in [1.29, 1.82) is 0 Å². The number of piperidine rings is 1. The third kappa shape index (κ3) is 2.51. The van der Waals surface area contributed by atoms with E-state index in [1.807, 2.05) is 6.92 Å². The minimum atomic E-state index is -0.955. The van der Waals surface area contributed by atoms with Crippen LogP contribution in [-0.4, -0.2) is 49.5 Å². The summed E-state index contributed by atoms with van der Waals surface area (Å²) in [6.07, 6.45) is 1.93. The molecule has 0 saturated carbocycles. The maximum atomic E-state index is 13.8. The highest BCUT2D eigenvalue weighted by atomic mass is 19.1. The number of benzene rings is 1. The molecule has 9 heteroatoms. The van der Waals surface area contributed by atoms with Crippen LogP contribution in [0.2, 0.25) is 0 Å². The second-order valence-corrected chi connectivity index (χ2v) is 6.55. The van der Waals surface area contributed by atoms with E-state index in [4.69, 9.17) is 4.52 Å². The van der Waals surface area contributed by atoms with Crippen molar-refractivity contribution in [2.45, 2.75) is 25.2 Å². The van der Waals surface area contributed by atoms with Crippen molar-refractivity contribution >= 4 is 17.0 Å². The van der Waals surface area contributed by atoms with Crippen molar-refractivity contribution in [2.24, 2.45) is 0 Å². The molecule has 2 aromatic heterocycles. The third-order valence-electron chi connectivity index (χ3n) is 4.71. The number of amides is 1. The summed E-state index contributed by atoms with van der Waals surface area (Å²) in [5.74, 6) is 0.316. The molecule has 4 rings (SSSR count). The van der Waals surface area contributed by atoms with Gasteiger partial charge in [0.15, 0.2) is 0 Å². The zero-order valence-corrected chi connectivity index (χ0v) is 13.5. The first kappa shape index (κ1) is 15.6. The van der Waals surface area contributed by atoms with E-state index in [2.05, 4.69) is 20.3 Å². The molecule has 3 heterocycles. The van der Waals surface area contributed by atoms with Gasteiger partial charge in [-0.2, -0.15) is 10.1 Å². The number of hydrogen-bond acceptors (Lipinski definition) is 5. The Kier molecular flexibility index (Phi) is 3.45. The largest absolute Gasteiger partial charge is 0.465 e. The maximum Gasteiger partial charge on any atom is 0.407 e. The van der Waals surface area contributed by atoms with Crippen LogP contribution in [0.1, 0.15) is 25.7 Å². The molecule has 1 unspecified atom stereocenters. The Hall–Kier alpha value is -2.97. The van der Waals surface area contributed by atoms with E-state index >= 15 is 0 Å². The zero-order chi connectivity index (χ0) is 17.6. The van der Waals surface area contributed by atoms with Gasteiger partial charge in [-0.25, -0.2) is 9.18 Å². The van der Waals surface area contributed by atoms with E-state index in [0.717, 1.165) is 12.8 Å². The molecule has 3 aromatic rings. The van der Waals surface area contributed by atoms with Gasteiger partial charge >= 0.3 is 6.09 Å². The van der Waals surface area contributed by atoms with Crippen molar-refractivity contribution in [1.82, 2.24) is 25.2 Å². The number of fused-ring (bicyclic) bond motifs is 1. The van der Waals surface area contributed by atoms with Crippen molar-refractivity contribution < 1.29 is 18.8 Å². The third-order valence-corrected chi connectivity index (χ3v) is 4.71. The second kappa shape index (κ2) is 5.54. The number of H-pyrrole nitrogens is 1. The zero-order valence-electron chi connectivity index (χ0n) is 13.5. The standard InChI is InChI=1S/C16H16FN5O3/c1-16(5-2-6-22(8-16)15(23)24)14-19-13(21-25-14)9-3-4-11(17)10-7-18-20-12(9)10/h3-4,7H,2,5-6,8H2,1H3,(H,18,20)(H,23,24). The van der Waals surface area contributed by atoms with E-state index in [0.29, 0.717) is 41.3 Å². The summed E-state index contributed by atoms with van der Waals surface area (Å²) in [4.78, 5) is 17.1. The number of aromatic nitrogens is 4. The summed E-state index contributed by atoms with van der Waals surface area (Å²) in [5.41, 5.74) is 0.529. The number of rotatable bonds is 2. The molecule has 2 N–H and O–H groups in total. The number of halogens is 1. The lowest BCUT2D eigenvalue weighted by molar-refractivity contribution is 0.103. The number of nitrogens with one attached hydrogen (secondary N) is 1. The molecule has 0 bridgehead atoms. The van der Waals surface area contributed by atoms with Crippen LogP contribution in [0, 0.1) is 5.82 Å². The van der Waals surface area contributed by atoms with Gasteiger partial charge in [0, 0.05) is 18.7 Å². The van der Waals surface area contributed by atoms with Crippen LogP contribution in [-0.2, 0) is 5.41 Å². The molecule has 1 aliphatic rings.